The number of nitrogens with one attached hydrogen (secondary N) is 1. The van der Waals surface area contributed by atoms with Gasteiger partial charge in [0.05, 0.1) is 0 Å². The van der Waals surface area contributed by atoms with Gasteiger partial charge in [0.2, 0.25) is 0 Å². The molecule has 1 atom stereocenters. The van der Waals surface area contributed by atoms with Crippen molar-refractivity contribution in [2.45, 2.75) is 63.7 Å². The molecule has 1 aliphatic heterocycles. The summed E-state index contributed by atoms with van der Waals surface area (Å²) in [6.07, 6.45) is 7.95. The second-order valence-electron chi connectivity index (χ2n) is 5.87. The Balaban J connectivity index is 1.86. The van der Waals surface area contributed by atoms with Crippen LogP contribution in [-0.4, -0.2) is 19.0 Å². The van der Waals surface area contributed by atoms with E-state index in [0.717, 1.165) is 64.5 Å². The number of halogens is 2. The zero-order chi connectivity index (χ0) is 12.1. The number of rotatable bonds is 3. The van der Waals surface area contributed by atoms with Crippen molar-refractivity contribution >= 4 is 0 Å². The van der Waals surface area contributed by atoms with E-state index in [1.54, 1.807) is 0 Å². The second-order valence-corrected chi connectivity index (χ2v) is 5.87. The van der Waals surface area contributed by atoms with E-state index in [0.29, 0.717) is 0 Å². The number of hydrogen-bond acceptors (Lipinski definition) is 1. The molecule has 1 unspecified atom stereocenters. The van der Waals surface area contributed by atoms with Crippen LogP contribution in [0, 0.1) is 11.8 Å². The van der Waals surface area contributed by atoms with Gasteiger partial charge in [0.25, 0.3) is 5.92 Å². The molecule has 0 amide bonds. The Morgan fingerprint density at radius 1 is 0.941 bits per heavy atom. The molecule has 2 rings (SSSR count). The summed E-state index contributed by atoms with van der Waals surface area (Å²) in [6, 6.07) is 0. The lowest BCUT2D eigenvalue weighted by molar-refractivity contribution is -0.0838. The smallest absolute Gasteiger partial charge is 0.251 e. The van der Waals surface area contributed by atoms with Gasteiger partial charge in [-0.05, 0) is 44.7 Å². The van der Waals surface area contributed by atoms with E-state index in [1.165, 1.54) is 0 Å². The molecule has 0 radical (unpaired) electrons. The molecule has 1 saturated carbocycles. The third-order valence-corrected chi connectivity index (χ3v) is 4.41. The predicted octanol–water partition coefficient (Wildman–Crippen LogP) is 3.98. The largest absolute Gasteiger partial charge is 0.316 e. The summed E-state index contributed by atoms with van der Waals surface area (Å²) in [5.41, 5.74) is 0. The average molecular weight is 245 g/mol. The molecule has 1 nitrogen and oxygen atoms in total. The maximum atomic E-state index is 14.2. The molecular formula is C14H25F2N. The van der Waals surface area contributed by atoms with Crippen LogP contribution in [0.15, 0.2) is 0 Å². The van der Waals surface area contributed by atoms with Gasteiger partial charge in [-0.25, -0.2) is 8.78 Å². The lowest BCUT2D eigenvalue weighted by Gasteiger charge is -2.31. The van der Waals surface area contributed by atoms with Crippen LogP contribution in [0.3, 0.4) is 0 Å². The minimum Gasteiger partial charge on any atom is -0.316 e. The molecule has 0 aromatic heterocycles. The summed E-state index contributed by atoms with van der Waals surface area (Å²) >= 11 is 0. The SMILES string of the molecule is FC(F)(CC1CCCNC1)C1CCCCCC1. The Hall–Kier alpha value is -0.180. The second kappa shape index (κ2) is 6.12. The molecule has 2 aliphatic rings. The topological polar surface area (TPSA) is 12.0 Å². The molecule has 17 heavy (non-hydrogen) atoms. The summed E-state index contributed by atoms with van der Waals surface area (Å²) in [5, 5.41) is 3.24. The summed E-state index contributed by atoms with van der Waals surface area (Å²) in [7, 11) is 0. The van der Waals surface area contributed by atoms with Crippen molar-refractivity contribution in [3.63, 3.8) is 0 Å². The zero-order valence-electron chi connectivity index (χ0n) is 10.7. The normalized spacial score (nSPS) is 28.9. The van der Waals surface area contributed by atoms with Crippen molar-refractivity contribution < 1.29 is 8.78 Å². The number of piperidine rings is 1. The van der Waals surface area contributed by atoms with Crippen LogP contribution in [0.5, 0.6) is 0 Å². The van der Waals surface area contributed by atoms with Crippen molar-refractivity contribution in [1.29, 1.82) is 0 Å². The fourth-order valence-corrected chi connectivity index (χ4v) is 3.35. The van der Waals surface area contributed by atoms with Gasteiger partial charge in [-0.15, -0.1) is 0 Å². The van der Waals surface area contributed by atoms with Gasteiger partial charge in [-0.2, -0.15) is 0 Å². The molecule has 2 fully saturated rings. The van der Waals surface area contributed by atoms with Crippen LogP contribution in [0.1, 0.15) is 57.8 Å². The quantitative estimate of drug-likeness (QED) is 0.742. The third kappa shape index (κ3) is 3.90. The first-order valence-electron chi connectivity index (χ1n) is 7.27. The lowest BCUT2D eigenvalue weighted by atomic mass is 9.84. The minimum absolute atomic E-state index is 0.116. The molecule has 1 heterocycles. The van der Waals surface area contributed by atoms with Crippen molar-refractivity contribution in [1.82, 2.24) is 5.32 Å². The van der Waals surface area contributed by atoms with Gasteiger partial charge in [0, 0.05) is 12.3 Å². The summed E-state index contributed by atoms with van der Waals surface area (Å²) in [4.78, 5) is 0. The van der Waals surface area contributed by atoms with Gasteiger partial charge in [-0.3, -0.25) is 0 Å². The molecule has 1 saturated heterocycles. The molecule has 1 N–H and O–H groups in total. The monoisotopic (exact) mass is 245 g/mol. The molecule has 100 valence electrons. The fourth-order valence-electron chi connectivity index (χ4n) is 3.35. The first kappa shape index (κ1) is 13.3. The van der Waals surface area contributed by atoms with E-state index in [-0.39, 0.29) is 18.3 Å². The van der Waals surface area contributed by atoms with Crippen molar-refractivity contribution in [3.05, 3.63) is 0 Å². The molecule has 3 heteroatoms. The molecular weight excluding hydrogens is 220 g/mol. The highest BCUT2D eigenvalue weighted by atomic mass is 19.3. The first-order chi connectivity index (χ1) is 8.18. The van der Waals surface area contributed by atoms with E-state index in [9.17, 15) is 8.78 Å². The number of hydrogen-bond donors (Lipinski definition) is 1. The van der Waals surface area contributed by atoms with Gasteiger partial charge < -0.3 is 5.32 Å². The first-order valence-corrected chi connectivity index (χ1v) is 7.27. The lowest BCUT2D eigenvalue weighted by Crippen LogP contribution is -2.37. The van der Waals surface area contributed by atoms with Gasteiger partial charge in [0.1, 0.15) is 0 Å². The Labute approximate surface area is 103 Å². The van der Waals surface area contributed by atoms with Crippen LogP contribution in [0.4, 0.5) is 8.78 Å². The highest BCUT2D eigenvalue weighted by Gasteiger charge is 2.41. The van der Waals surface area contributed by atoms with Gasteiger partial charge in [-0.1, -0.05) is 25.7 Å². The van der Waals surface area contributed by atoms with Gasteiger partial charge >= 0.3 is 0 Å². The Morgan fingerprint density at radius 2 is 1.65 bits per heavy atom. The molecule has 0 aromatic carbocycles. The van der Waals surface area contributed by atoms with E-state index < -0.39 is 5.92 Å². The molecule has 0 spiro atoms. The molecule has 0 aromatic rings. The minimum atomic E-state index is -2.42. The van der Waals surface area contributed by atoms with Crippen molar-refractivity contribution in [3.8, 4) is 0 Å². The van der Waals surface area contributed by atoms with E-state index in [2.05, 4.69) is 5.32 Å². The van der Waals surface area contributed by atoms with Crippen LogP contribution in [0.25, 0.3) is 0 Å². The predicted molar refractivity (Wildman–Crippen MR) is 66.3 cm³/mol. The Morgan fingerprint density at radius 3 is 2.24 bits per heavy atom. The summed E-state index contributed by atoms with van der Waals surface area (Å²) in [6.45, 7) is 1.80. The zero-order valence-corrected chi connectivity index (χ0v) is 10.7. The molecule has 1 aliphatic carbocycles. The third-order valence-electron chi connectivity index (χ3n) is 4.41. The average Bonchev–Trinajstić information content (AvgIpc) is 2.58. The fraction of sp³-hybridized carbons (Fsp3) is 1.00. The Bertz CT molecular complexity index is 216. The van der Waals surface area contributed by atoms with Crippen LogP contribution >= 0.6 is 0 Å². The standard InChI is InChI=1S/C14H25F2N/c15-14(16,10-12-6-5-9-17-11-12)13-7-3-1-2-4-8-13/h12-13,17H,1-11H2. The van der Waals surface area contributed by atoms with Gasteiger partial charge in [0.15, 0.2) is 0 Å². The van der Waals surface area contributed by atoms with Crippen LogP contribution in [0.2, 0.25) is 0 Å². The molecule has 0 bridgehead atoms. The van der Waals surface area contributed by atoms with Crippen molar-refractivity contribution in [2.24, 2.45) is 11.8 Å². The number of alkyl halides is 2. The maximum Gasteiger partial charge on any atom is 0.251 e. The van der Waals surface area contributed by atoms with Crippen LogP contribution < -0.4 is 5.32 Å². The van der Waals surface area contributed by atoms with Crippen molar-refractivity contribution in [2.75, 3.05) is 13.1 Å². The van der Waals surface area contributed by atoms with E-state index in [4.69, 9.17) is 0 Å². The van der Waals surface area contributed by atoms with E-state index >= 15 is 0 Å². The van der Waals surface area contributed by atoms with E-state index in [1.807, 2.05) is 0 Å². The Kier molecular flexibility index (Phi) is 4.78. The maximum absolute atomic E-state index is 14.2. The summed E-state index contributed by atoms with van der Waals surface area (Å²) < 4.78 is 28.5. The highest BCUT2D eigenvalue weighted by Crippen LogP contribution is 2.40. The van der Waals surface area contributed by atoms with Crippen LogP contribution in [-0.2, 0) is 0 Å². The summed E-state index contributed by atoms with van der Waals surface area (Å²) in [5.74, 6) is -2.57. The highest BCUT2D eigenvalue weighted by molar-refractivity contribution is 4.83.